The van der Waals surface area contributed by atoms with Crippen molar-refractivity contribution < 1.29 is 73.8 Å². The van der Waals surface area contributed by atoms with Crippen LogP contribution in [-0.4, -0.2) is 160 Å². The molecule has 3 saturated heterocycles. The molecule has 0 saturated carbocycles. The maximum atomic E-state index is 11.8. The molecule has 2 amide bonds. The van der Waals surface area contributed by atoms with Gasteiger partial charge >= 0.3 is 0 Å². The summed E-state index contributed by atoms with van der Waals surface area (Å²) in [6.07, 6.45) is -18.5. The van der Waals surface area contributed by atoms with Gasteiger partial charge < -0.3 is 74.8 Å². The van der Waals surface area contributed by atoms with E-state index in [0.717, 1.165) is 6.92 Å². The largest absolute Gasteiger partial charge is 0.394 e. The van der Waals surface area contributed by atoms with Crippen LogP contribution in [0.5, 0.6) is 0 Å². The molecule has 40 heavy (non-hydrogen) atoms. The Morgan fingerprint density at radius 1 is 0.725 bits per heavy atom. The van der Waals surface area contributed by atoms with Crippen molar-refractivity contribution in [3.63, 3.8) is 0 Å². The summed E-state index contributed by atoms with van der Waals surface area (Å²) in [5, 5.41) is 77.1. The molecule has 17 heteroatoms. The Morgan fingerprint density at radius 3 is 1.85 bits per heavy atom. The maximum absolute atomic E-state index is 11.8. The van der Waals surface area contributed by atoms with Crippen LogP contribution in [0.1, 0.15) is 20.8 Å². The zero-order valence-electron chi connectivity index (χ0n) is 22.5. The zero-order chi connectivity index (χ0) is 29.9. The first-order valence-corrected chi connectivity index (χ1v) is 12.8. The molecule has 3 rings (SSSR count). The van der Waals surface area contributed by atoms with Gasteiger partial charge in [0.05, 0.1) is 19.3 Å². The molecule has 0 aromatic heterocycles. The van der Waals surface area contributed by atoms with Crippen LogP contribution in [0.4, 0.5) is 0 Å². The van der Waals surface area contributed by atoms with Crippen molar-refractivity contribution in [1.82, 2.24) is 10.6 Å². The van der Waals surface area contributed by atoms with Gasteiger partial charge in [0.1, 0.15) is 67.0 Å². The third-order valence-corrected chi connectivity index (χ3v) is 7.05. The first-order valence-electron chi connectivity index (χ1n) is 12.8. The van der Waals surface area contributed by atoms with Crippen LogP contribution in [0.2, 0.25) is 0 Å². The number of aliphatic hydroxyl groups is 7. The van der Waals surface area contributed by atoms with Gasteiger partial charge in [0.2, 0.25) is 11.8 Å². The van der Waals surface area contributed by atoms with Gasteiger partial charge in [-0.15, -0.1) is 0 Å². The van der Waals surface area contributed by atoms with Crippen molar-refractivity contribution in [2.24, 2.45) is 0 Å². The second kappa shape index (κ2) is 14.1. The lowest BCUT2D eigenvalue weighted by atomic mass is 9.94. The van der Waals surface area contributed by atoms with E-state index in [4.69, 9.17) is 28.4 Å². The summed E-state index contributed by atoms with van der Waals surface area (Å²) in [4.78, 5) is 23.7. The van der Waals surface area contributed by atoms with Crippen LogP contribution in [0, 0.1) is 0 Å². The molecule has 3 fully saturated rings. The van der Waals surface area contributed by atoms with E-state index < -0.39 is 117 Å². The van der Waals surface area contributed by atoms with Gasteiger partial charge in [-0.05, 0) is 6.92 Å². The number of carbonyl (C=O) groups excluding carboxylic acids is 2. The van der Waals surface area contributed by atoms with Gasteiger partial charge in [0.25, 0.3) is 0 Å². The molecule has 3 heterocycles. The number of hydrogen-bond acceptors (Lipinski definition) is 15. The lowest BCUT2D eigenvalue weighted by molar-refractivity contribution is -0.342. The van der Waals surface area contributed by atoms with Gasteiger partial charge in [-0.3, -0.25) is 9.59 Å². The predicted octanol–water partition coefficient (Wildman–Crippen LogP) is -5.60. The van der Waals surface area contributed by atoms with Crippen LogP contribution < -0.4 is 10.6 Å². The molecule has 0 spiro atoms. The summed E-state index contributed by atoms with van der Waals surface area (Å²) in [6, 6.07) is -2.53. The number of carbonyl (C=O) groups is 2. The quantitative estimate of drug-likeness (QED) is 0.122. The number of aliphatic hydroxyl groups excluding tert-OH is 7. The smallest absolute Gasteiger partial charge is 0.217 e. The Bertz CT molecular complexity index is 853. The summed E-state index contributed by atoms with van der Waals surface area (Å²) >= 11 is 0. The average molecular weight is 585 g/mol. The van der Waals surface area contributed by atoms with Crippen LogP contribution in [-0.2, 0) is 38.0 Å². The van der Waals surface area contributed by atoms with Gasteiger partial charge in [-0.25, -0.2) is 0 Å². The van der Waals surface area contributed by atoms with Crippen LogP contribution in [0.3, 0.4) is 0 Å². The minimum atomic E-state index is -1.64. The average Bonchev–Trinajstić information content (AvgIpc) is 2.90. The minimum Gasteiger partial charge on any atom is -0.394 e. The number of hydrogen-bond donors (Lipinski definition) is 9. The molecule has 3 aliphatic rings. The van der Waals surface area contributed by atoms with Crippen molar-refractivity contribution in [2.45, 2.75) is 113 Å². The topological polar surface area (TPSA) is 255 Å². The Labute approximate surface area is 229 Å². The number of nitrogens with one attached hydrogen (secondary N) is 2. The van der Waals surface area contributed by atoms with E-state index >= 15 is 0 Å². The fourth-order valence-corrected chi connectivity index (χ4v) is 4.89. The number of rotatable bonds is 9. The lowest BCUT2D eigenvalue weighted by Gasteiger charge is -2.48. The highest BCUT2D eigenvalue weighted by Gasteiger charge is 2.52. The number of ether oxygens (including phenoxy) is 6. The first kappa shape index (κ1) is 32.9. The Balaban J connectivity index is 1.87. The van der Waals surface area contributed by atoms with Crippen LogP contribution >= 0.6 is 0 Å². The molecule has 17 nitrogen and oxygen atoms in total. The predicted molar refractivity (Wildman–Crippen MR) is 128 cm³/mol. The van der Waals surface area contributed by atoms with Crippen molar-refractivity contribution in [1.29, 1.82) is 0 Å². The van der Waals surface area contributed by atoms with E-state index in [9.17, 15) is 45.3 Å². The van der Waals surface area contributed by atoms with Gasteiger partial charge in [0.15, 0.2) is 18.9 Å². The SMILES string of the molecule is CO[C@@H]1O[C@H](CO[C@@H]2O[C@H](C)[C@H](O)[C@H](O)[C@@H]2O)[C@H](O[C@@H]2O[C@H](CO)[C@H](O)[C@H](O)[C@@H]2NC(C)=O)[C@@H](O)[C@H]1NC(C)=O. The molecule has 0 aromatic rings. The van der Waals surface area contributed by atoms with E-state index in [0.29, 0.717) is 0 Å². The molecule has 3 aliphatic heterocycles. The molecule has 0 aromatic carbocycles. The fourth-order valence-electron chi connectivity index (χ4n) is 4.89. The summed E-state index contributed by atoms with van der Waals surface area (Å²) < 4.78 is 33.8. The summed E-state index contributed by atoms with van der Waals surface area (Å²) in [5.74, 6) is -1.14. The third kappa shape index (κ3) is 7.24. The normalized spacial score (nSPS) is 46.0. The van der Waals surface area contributed by atoms with Crippen molar-refractivity contribution in [2.75, 3.05) is 20.3 Å². The Kier molecular flexibility index (Phi) is 11.6. The molecule has 9 N–H and O–H groups in total. The second-order valence-corrected chi connectivity index (χ2v) is 10.0. The standard InChI is InChI=1S/C23H40N2O15/c1-7-14(29)18(33)19(34)23(37-7)36-6-11-20(17(32)13(25-9(3)28)21(35-4)39-11)40-22-12(24-8(2)27)16(31)15(30)10(5-26)38-22/h7,10-23,26,29-34H,5-6H2,1-4H3,(H,24,27)(H,25,28)/t7-,10-,11-,12+,13-,14+,15+,16-,17+,18+,19+,20+,21-,22+,23-/m1/s1. The monoisotopic (exact) mass is 584 g/mol. The second-order valence-electron chi connectivity index (χ2n) is 10.0. The van der Waals surface area contributed by atoms with Crippen molar-refractivity contribution in [3.05, 3.63) is 0 Å². The Hall–Kier alpha value is -1.58. The Morgan fingerprint density at radius 2 is 1.30 bits per heavy atom. The summed E-state index contributed by atoms with van der Waals surface area (Å²) in [5.41, 5.74) is 0. The van der Waals surface area contributed by atoms with E-state index in [1.165, 1.54) is 21.0 Å². The molecule has 0 aliphatic carbocycles. The highest BCUT2D eigenvalue weighted by molar-refractivity contribution is 5.73. The molecule has 0 radical (unpaired) electrons. The number of methoxy groups -OCH3 is 1. The zero-order valence-corrected chi connectivity index (χ0v) is 22.5. The van der Waals surface area contributed by atoms with Gasteiger partial charge in [0, 0.05) is 21.0 Å². The van der Waals surface area contributed by atoms with Crippen LogP contribution in [0.15, 0.2) is 0 Å². The third-order valence-electron chi connectivity index (χ3n) is 7.05. The van der Waals surface area contributed by atoms with Gasteiger partial charge in [-0.1, -0.05) is 0 Å². The van der Waals surface area contributed by atoms with Crippen LogP contribution in [0.25, 0.3) is 0 Å². The molecule has 232 valence electrons. The molecule has 0 bridgehead atoms. The minimum absolute atomic E-state index is 0.461. The van der Waals surface area contributed by atoms with Gasteiger partial charge in [-0.2, -0.15) is 0 Å². The highest BCUT2D eigenvalue weighted by Crippen LogP contribution is 2.31. The molecule has 0 unspecified atom stereocenters. The van der Waals surface area contributed by atoms with Crippen molar-refractivity contribution >= 4 is 11.8 Å². The highest BCUT2D eigenvalue weighted by atomic mass is 16.7. The van der Waals surface area contributed by atoms with E-state index in [2.05, 4.69) is 10.6 Å². The number of amides is 2. The summed E-state index contributed by atoms with van der Waals surface area (Å²) in [6.45, 7) is 2.64. The van der Waals surface area contributed by atoms with E-state index in [1.807, 2.05) is 0 Å². The lowest BCUT2D eigenvalue weighted by Crippen LogP contribution is -2.69. The van der Waals surface area contributed by atoms with E-state index in [1.54, 1.807) is 0 Å². The first-order chi connectivity index (χ1) is 18.8. The molecular weight excluding hydrogens is 544 g/mol. The maximum Gasteiger partial charge on any atom is 0.217 e. The molecule has 15 atom stereocenters. The summed E-state index contributed by atoms with van der Waals surface area (Å²) in [7, 11) is 1.26. The van der Waals surface area contributed by atoms with E-state index in [-0.39, 0.29) is 0 Å². The van der Waals surface area contributed by atoms with Crippen molar-refractivity contribution in [3.8, 4) is 0 Å². The molecular formula is C23H40N2O15. The fraction of sp³-hybridized carbons (Fsp3) is 0.913.